The molecule has 1 aromatic heterocycles. The number of H-pyrrole nitrogens is 1. The van der Waals surface area contributed by atoms with Gasteiger partial charge in [-0.25, -0.2) is 5.10 Å². The highest BCUT2D eigenvalue weighted by Gasteiger charge is 2.28. The maximum absolute atomic E-state index is 11.1. The zero-order valence-corrected chi connectivity index (χ0v) is 9.20. The third kappa shape index (κ3) is 2.36. The Morgan fingerprint density at radius 2 is 2.12 bits per heavy atom. The maximum Gasteiger partial charge on any atom is 0.212 e. The lowest BCUT2D eigenvalue weighted by atomic mass is 9.96. The Hall–Kier alpha value is -2.08. The summed E-state index contributed by atoms with van der Waals surface area (Å²) in [6.45, 7) is 0. The summed E-state index contributed by atoms with van der Waals surface area (Å²) in [6, 6.07) is 9.40. The molecule has 2 rings (SSSR count). The fourth-order valence-corrected chi connectivity index (χ4v) is 1.67. The first-order valence-corrected chi connectivity index (χ1v) is 5.06. The van der Waals surface area contributed by atoms with Gasteiger partial charge < -0.3 is 4.74 Å². The number of benzene rings is 1. The molecule has 6 heteroatoms. The molecule has 1 heterocycles. The van der Waals surface area contributed by atoms with E-state index in [0.29, 0.717) is 5.82 Å². The zero-order valence-electron chi connectivity index (χ0n) is 9.20. The van der Waals surface area contributed by atoms with Crippen LogP contribution in [0.2, 0.25) is 0 Å². The van der Waals surface area contributed by atoms with Crippen LogP contribution >= 0.6 is 0 Å². The van der Waals surface area contributed by atoms with Crippen molar-refractivity contribution in [3.63, 3.8) is 0 Å². The molecule has 0 spiro atoms. The van der Waals surface area contributed by atoms with E-state index in [2.05, 4.69) is 20.6 Å². The van der Waals surface area contributed by atoms with Gasteiger partial charge in [-0.05, 0) is 16.0 Å². The first-order chi connectivity index (χ1) is 8.36. The molecule has 0 aliphatic heterocycles. The lowest BCUT2D eigenvalue weighted by molar-refractivity contribution is 0.0929. The molecule has 0 bridgehead atoms. The minimum absolute atomic E-state index is 0.343. The summed E-state index contributed by atoms with van der Waals surface area (Å²) in [7, 11) is 1.53. The van der Waals surface area contributed by atoms with Gasteiger partial charge in [-0.3, -0.25) is 4.79 Å². The summed E-state index contributed by atoms with van der Waals surface area (Å²) in [5, 5.41) is 13.2. The lowest BCUT2D eigenvalue weighted by Crippen LogP contribution is -2.16. The third-order valence-corrected chi connectivity index (χ3v) is 2.47. The molecule has 1 radical (unpaired) electrons. The summed E-state index contributed by atoms with van der Waals surface area (Å²) >= 11 is 0. The Balaban J connectivity index is 2.31. The number of nitrogens with one attached hydrogen (secondary N) is 1. The number of hydrogen-bond donors (Lipinski definition) is 1. The Kier molecular flexibility index (Phi) is 3.56. The monoisotopic (exact) mass is 231 g/mol. The SMILES string of the molecule is COC(c1ccccc1)C([C]=O)c1nnn[nH]1. The lowest BCUT2D eigenvalue weighted by Gasteiger charge is -2.19. The highest BCUT2D eigenvalue weighted by molar-refractivity contribution is 5.62. The van der Waals surface area contributed by atoms with Crippen LogP contribution in [0.1, 0.15) is 23.4 Å². The van der Waals surface area contributed by atoms with E-state index in [9.17, 15) is 4.79 Å². The molecule has 0 saturated heterocycles. The van der Waals surface area contributed by atoms with Gasteiger partial charge in [-0.1, -0.05) is 30.3 Å². The first kappa shape index (κ1) is 11.4. The molecule has 0 amide bonds. The van der Waals surface area contributed by atoms with Crippen LogP contribution in [0.25, 0.3) is 0 Å². The topological polar surface area (TPSA) is 80.8 Å². The van der Waals surface area contributed by atoms with E-state index in [1.54, 1.807) is 0 Å². The molecule has 2 aromatic rings. The molecule has 6 nitrogen and oxygen atoms in total. The van der Waals surface area contributed by atoms with Gasteiger partial charge in [0.2, 0.25) is 6.29 Å². The molecule has 0 saturated carbocycles. The summed E-state index contributed by atoms with van der Waals surface area (Å²) in [6.07, 6.45) is 1.45. The quantitative estimate of drug-likeness (QED) is 0.822. The van der Waals surface area contributed by atoms with Gasteiger partial charge in [-0.2, -0.15) is 0 Å². The second-order valence-corrected chi connectivity index (χ2v) is 3.45. The molecule has 1 N–H and O–H groups in total. The predicted octanol–water partition coefficient (Wildman–Crippen LogP) is 0.781. The average molecular weight is 231 g/mol. The van der Waals surface area contributed by atoms with Crippen molar-refractivity contribution in [2.24, 2.45) is 0 Å². The average Bonchev–Trinajstić information content (AvgIpc) is 2.90. The molecule has 0 fully saturated rings. The van der Waals surface area contributed by atoms with Gasteiger partial charge >= 0.3 is 0 Å². The van der Waals surface area contributed by atoms with Gasteiger partial charge in [-0.15, -0.1) is 5.10 Å². The largest absolute Gasteiger partial charge is 0.376 e. The van der Waals surface area contributed by atoms with E-state index in [1.807, 2.05) is 36.6 Å². The number of ether oxygens (including phenoxy) is 1. The van der Waals surface area contributed by atoms with E-state index < -0.39 is 12.0 Å². The number of rotatable bonds is 5. The molecule has 2 atom stereocenters. The summed E-state index contributed by atoms with van der Waals surface area (Å²) < 4.78 is 5.34. The zero-order chi connectivity index (χ0) is 12.1. The number of nitrogens with zero attached hydrogens (tertiary/aromatic N) is 3. The predicted molar refractivity (Wildman–Crippen MR) is 58.8 cm³/mol. The van der Waals surface area contributed by atoms with Crippen molar-refractivity contribution in [3.05, 3.63) is 41.7 Å². The summed E-state index contributed by atoms with van der Waals surface area (Å²) in [5.74, 6) is -0.326. The molecule has 17 heavy (non-hydrogen) atoms. The molecule has 0 aliphatic rings. The van der Waals surface area contributed by atoms with Crippen molar-refractivity contribution in [2.45, 2.75) is 12.0 Å². The van der Waals surface area contributed by atoms with Gasteiger partial charge in [0.05, 0.1) is 6.10 Å². The second-order valence-electron chi connectivity index (χ2n) is 3.45. The van der Waals surface area contributed by atoms with E-state index in [4.69, 9.17) is 4.74 Å². The van der Waals surface area contributed by atoms with Crippen LogP contribution in [0.4, 0.5) is 0 Å². The van der Waals surface area contributed by atoms with Crippen molar-refractivity contribution >= 4 is 6.29 Å². The molecular formula is C11H11N4O2. The number of tetrazole rings is 1. The minimum atomic E-state index is -0.669. The molecule has 0 aliphatic carbocycles. The standard InChI is InChI=1S/C11H11N4O2/c1-17-10(8-5-3-2-4-6-8)9(7-16)11-12-14-15-13-11/h2-6,9-10H,1H3,(H,12,13,14,15). The molecule has 1 aromatic carbocycles. The van der Waals surface area contributed by atoms with Crippen LogP contribution in [0.3, 0.4) is 0 Å². The smallest absolute Gasteiger partial charge is 0.212 e. The fraction of sp³-hybridized carbons (Fsp3) is 0.273. The van der Waals surface area contributed by atoms with Crippen LogP contribution in [0.15, 0.2) is 30.3 Å². The number of aromatic nitrogens is 4. The van der Waals surface area contributed by atoms with E-state index >= 15 is 0 Å². The first-order valence-electron chi connectivity index (χ1n) is 5.06. The van der Waals surface area contributed by atoms with Gasteiger partial charge in [0, 0.05) is 7.11 Å². The summed E-state index contributed by atoms with van der Waals surface area (Å²) in [5.41, 5.74) is 0.875. The Morgan fingerprint density at radius 1 is 1.35 bits per heavy atom. The molecular weight excluding hydrogens is 220 g/mol. The minimum Gasteiger partial charge on any atom is -0.376 e. The van der Waals surface area contributed by atoms with Crippen LogP contribution < -0.4 is 0 Å². The fourth-order valence-electron chi connectivity index (χ4n) is 1.67. The molecule has 2 unspecified atom stereocenters. The van der Waals surface area contributed by atoms with Crippen LogP contribution in [0, 0.1) is 0 Å². The number of hydrogen-bond acceptors (Lipinski definition) is 5. The maximum atomic E-state index is 11.1. The number of carbonyl (C=O) groups excluding carboxylic acids is 1. The van der Waals surface area contributed by atoms with Crippen molar-refractivity contribution in [1.29, 1.82) is 0 Å². The number of aromatic amines is 1. The van der Waals surface area contributed by atoms with Crippen molar-refractivity contribution in [3.8, 4) is 0 Å². The van der Waals surface area contributed by atoms with E-state index in [-0.39, 0.29) is 0 Å². The number of methoxy groups -OCH3 is 1. The Labute approximate surface area is 98.0 Å². The van der Waals surface area contributed by atoms with E-state index in [1.165, 1.54) is 7.11 Å². The highest BCUT2D eigenvalue weighted by Crippen LogP contribution is 2.29. The van der Waals surface area contributed by atoms with Crippen LogP contribution in [0.5, 0.6) is 0 Å². The van der Waals surface area contributed by atoms with Gasteiger partial charge in [0.25, 0.3) is 0 Å². The third-order valence-electron chi connectivity index (χ3n) is 2.47. The van der Waals surface area contributed by atoms with Crippen LogP contribution in [-0.2, 0) is 9.53 Å². The van der Waals surface area contributed by atoms with Gasteiger partial charge in [0.1, 0.15) is 5.92 Å². The normalized spacial score (nSPS) is 14.2. The molecule has 87 valence electrons. The van der Waals surface area contributed by atoms with E-state index in [0.717, 1.165) is 5.56 Å². The summed E-state index contributed by atoms with van der Waals surface area (Å²) in [4.78, 5) is 11.1. The Morgan fingerprint density at radius 3 is 2.65 bits per heavy atom. The second kappa shape index (κ2) is 5.31. The Bertz CT molecular complexity index is 458. The van der Waals surface area contributed by atoms with Crippen molar-refractivity contribution < 1.29 is 9.53 Å². The van der Waals surface area contributed by atoms with Gasteiger partial charge in [0.15, 0.2) is 5.82 Å². The highest BCUT2D eigenvalue weighted by atomic mass is 16.5. The van der Waals surface area contributed by atoms with Crippen LogP contribution in [-0.4, -0.2) is 34.0 Å². The van der Waals surface area contributed by atoms with Crippen molar-refractivity contribution in [2.75, 3.05) is 7.11 Å². The van der Waals surface area contributed by atoms with Crippen molar-refractivity contribution in [1.82, 2.24) is 20.6 Å².